The standard InChI is InChI=1S/C19H21N3OS/c1-2-4-15(5-3-1)21-19-22-17-7-6-14(12-18(17)24-19)13-23-16-8-10-20-11-9-16/h6-12,15H,1-5,13H2,(H,21,22). The summed E-state index contributed by atoms with van der Waals surface area (Å²) >= 11 is 1.74. The first-order valence-corrected chi connectivity index (χ1v) is 9.37. The molecule has 2 aromatic heterocycles. The van der Waals surface area contributed by atoms with Gasteiger partial charge in [0.15, 0.2) is 5.13 Å². The zero-order chi connectivity index (χ0) is 16.2. The van der Waals surface area contributed by atoms with Gasteiger partial charge >= 0.3 is 0 Å². The lowest BCUT2D eigenvalue weighted by Gasteiger charge is -2.22. The molecule has 1 N–H and O–H groups in total. The summed E-state index contributed by atoms with van der Waals surface area (Å²) in [5.41, 5.74) is 2.22. The topological polar surface area (TPSA) is 47.0 Å². The van der Waals surface area contributed by atoms with Gasteiger partial charge in [-0.15, -0.1) is 0 Å². The number of nitrogens with zero attached hydrogens (tertiary/aromatic N) is 2. The van der Waals surface area contributed by atoms with Crippen molar-refractivity contribution in [2.75, 3.05) is 5.32 Å². The molecule has 0 bridgehead atoms. The Morgan fingerprint density at radius 2 is 1.92 bits per heavy atom. The highest BCUT2D eigenvalue weighted by Gasteiger charge is 2.15. The fourth-order valence-electron chi connectivity index (χ4n) is 3.14. The van der Waals surface area contributed by atoms with Gasteiger partial charge in [-0.3, -0.25) is 4.98 Å². The predicted octanol–water partition coefficient (Wildman–Crippen LogP) is 5.01. The molecule has 0 spiro atoms. The molecule has 0 atom stereocenters. The lowest BCUT2D eigenvalue weighted by Crippen LogP contribution is -2.21. The molecule has 1 aliphatic carbocycles. The third kappa shape index (κ3) is 3.67. The molecule has 24 heavy (non-hydrogen) atoms. The summed E-state index contributed by atoms with van der Waals surface area (Å²) in [5.74, 6) is 0.842. The Hall–Kier alpha value is -2.14. The Balaban J connectivity index is 1.44. The minimum atomic E-state index is 0.559. The number of rotatable bonds is 5. The summed E-state index contributed by atoms with van der Waals surface area (Å²) < 4.78 is 7.01. The maximum absolute atomic E-state index is 5.80. The van der Waals surface area contributed by atoms with Crippen LogP contribution in [0.2, 0.25) is 0 Å². The molecule has 1 aliphatic rings. The van der Waals surface area contributed by atoms with Crippen molar-refractivity contribution in [2.45, 2.75) is 44.8 Å². The average Bonchev–Trinajstić information content (AvgIpc) is 3.03. The van der Waals surface area contributed by atoms with Crippen LogP contribution in [-0.2, 0) is 6.61 Å². The second kappa shape index (κ2) is 7.18. The van der Waals surface area contributed by atoms with E-state index < -0.39 is 0 Å². The Morgan fingerprint density at radius 1 is 1.08 bits per heavy atom. The molecule has 2 heterocycles. The van der Waals surface area contributed by atoms with Crippen molar-refractivity contribution >= 4 is 26.7 Å². The number of aromatic nitrogens is 2. The van der Waals surface area contributed by atoms with Crippen LogP contribution in [0.4, 0.5) is 5.13 Å². The van der Waals surface area contributed by atoms with Crippen molar-refractivity contribution in [2.24, 2.45) is 0 Å². The zero-order valence-corrected chi connectivity index (χ0v) is 14.4. The molecule has 0 unspecified atom stereocenters. The van der Waals surface area contributed by atoms with E-state index in [1.165, 1.54) is 36.8 Å². The summed E-state index contributed by atoms with van der Waals surface area (Å²) in [4.78, 5) is 8.72. The second-order valence-corrected chi connectivity index (χ2v) is 7.30. The van der Waals surface area contributed by atoms with E-state index in [2.05, 4.69) is 28.5 Å². The Labute approximate surface area is 145 Å². The van der Waals surface area contributed by atoms with Crippen LogP contribution in [0.1, 0.15) is 37.7 Å². The van der Waals surface area contributed by atoms with Gasteiger partial charge in [0.1, 0.15) is 12.4 Å². The molecule has 0 amide bonds. The van der Waals surface area contributed by atoms with E-state index >= 15 is 0 Å². The van der Waals surface area contributed by atoms with Crippen LogP contribution in [0.3, 0.4) is 0 Å². The van der Waals surface area contributed by atoms with Gasteiger partial charge in [-0.1, -0.05) is 36.7 Å². The second-order valence-electron chi connectivity index (χ2n) is 6.27. The molecule has 5 heteroatoms. The lowest BCUT2D eigenvalue weighted by molar-refractivity contribution is 0.306. The van der Waals surface area contributed by atoms with Crippen molar-refractivity contribution in [3.63, 3.8) is 0 Å². The molecule has 0 radical (unpaired) electrons. The number of hydrogen-bond acceptors (Lipinski definition) is 5. The Kier molecular flexibility index (Phi) is 4.60. The van der Waals surface area contributed by atoms with Gasteiger partial charge in [-0.2, -0.15) is 0 Å². The van der Waals surface area contributed by atoms with Crippen molar-refractivity contribution in [1.82, 2.24) is 9.97 Å². The Bertz CT molecular complexity index is 797. The summed E-state index contributed by atoms with van der Waals surface area (Å²) in [6, 6.07) is 10.7. The van der Waals surface area contributed by atoms with E-state index in [9.17, 15) is 0 Å². The summed E-state index contributed by atoms with van der Waals surface area (Å²) in [6.07, 6.45) is 10.1. The number of fused-ring (bicyclic) bond motifs is 1. The van der Waals surface area contributed by atoms with Crippen LogP contribution in [0.5, 0.6) is 5.75 Å². The molecule has 1 aromatic carbocycles. The van der Waals surface area contributed by atoms with E-state index in [1.807, 2.05) is 12.1 Å². The molecule has 4 nitrogen and oxygen atoms in total. The quantitative estimate of drug-likeness (QED) is 0.709. The number of hydrogen-bond donors (Lipinski definition) is 1. The third-order valence-electron chi connectivity index (χ3n) is 4.44. The molecule has 1 saturated carbocycles. The van der Waals surface area contributed by atoms with Crippen LogP contribution in [-0.4, -0.2) is 16.0 Å². The van der Waals surface area contributed by atoms with Crippen LogP contribution in [0.15, 0.2) is 42.7 Å². The maximum Gasteiger partial charge on any atom is 0.184 e. The highest BCUT2D eigenvalue weighted by molar-refractivity contribution is 7.22. The highest BCUT2D eigenvalue weighted by atomic mass is 32.1. The SMILES string of the molecule is c1cc(OCc2ccc3nc(NC4CCCCC4)sc3c2)ccn1. The number of pyridine rings is 1. The third-order valence-corrected chi connectivity index (χ3v) is 5.39. The van der Waals surface area contributed by atoms with Gasteiger partial charge in [0, 0.05) is 18.4 Å². The monoisotopic (exact) mass is 339 g/mol. The smallest absolute Gasteiger partial charge is 0.184 e. The minimum absolute atomic E-state index is 0.559. The van der Waals surface area contributed by atoms with Gasteiger partial charge in [0.25, 0.3) is 0 Å². The fourth-order valence-corrected chi connectivity index (χ4v) is 4.15. The first-order chi connectivity index (χ1) is 11.9. The van der Waals surface area contributed by atoms with Gasteiger partial charge in [0.05, 0.1) is 10.2 Å². The number of ether oxygens (including phenoxy) is 1. The normalized spacial score (nSPS) is 15.5. The highest BCUT2D eigenvalue weighted by Crippen LogP contribution is 2.29. The average molecular weight is 339 g/mol. The molecular weight excluding hydrogens is 318 g/mol. The molecule has 4 rings (SSSR count). The predicted molar refractivity (Wildman–Crippen MR) is 98.7 cm³/mol. The van der Waals surface area contributed by atoms with Crippen LogP contribution in [0, 0.1) is 0 Å². The van der Waals surface area contributed by atoms with Crippen LogP contribution >= 0.6 is 11.3 Å². The zero-order valence-electron chi connectivity index (χ0n) is 13.6. The number of anilines is 1. The van der Waals surface area contributed by atoms with E-state index in [0.717, 1.165) is 22.0 Å². The molecule has 0 aliphatic heterocycles. The van der Waals surface area contributed by atoms with Crippen molar-refractivity contribution in [1.29, 1.82) is 0 Å². The largest absolute Gasteiger partial charge is 0.489 e. The number of benzene rings is 1. The first-order valence-electron chi connectivity index (χ1n) is 8.56. The fraction of sp³-hybridized carbons (Fsp3) is 0.368. The first kappa shape index (κ1) is 15.4. The molecule has 124 valence electrons. The lowest BCUT2D eigenvalue weighted by atomic mass is 9.96. The maximum atomic E-state index is 5.80. The van der Waals surface area contributed by atoms with E-state index in [-0.39, 0.29) is 0 Å². The summed E-state index contributed by atoms with van der Waals surface area (Å²) in [5, 5.41) is 4.66. The van der Waals surface area contributed by atoms with Gasteiger partial charge in [-0.05, 0) is 42.7 Å². The molecule has 1 fully saturated rings. The van der Waals surface area contributed by atoms with Gasteiger partial charge in [-0.25, -0.2) is 4.98 Å². The molecule has 3 aromatic rings. The van der Waals surface area contributed by atoms with E-state index in [0.29, 0.717) is 12.6 Å². The van der Waals surface area contributed by atoms with Crippen molar-refractivity contribution < 1.29 is 4.74 Å². The van der Waals surface area contributed by atoms with Crippen LogP contribution in [0.25, 0.3) is 10.2 Å². The minimum Gasteiger partial charge on any atom is -0.489 e. The molecular formula is C19H21N3OS. The summed E-state index contributed by atoms with van der Waals surface area (Å²) in [6.45, 7) is 0.559. The molecule has 0 saturated heterocycles. The number of nitrogens with one attached hydrogen (secondary N) is 1. The number of thiazole rings is 1. The van der Waals surface area contributed by atoms with Gasteiger partial charge in [0.2, 0.25) is 0 Å². The van der Waals surface area contributed by atoms with Crippen molar-refractivity contribution in [3.05, 3.63) is 48.3 Å². The van der Waals surface area contributed by atoms with Crippen LogP contribution < -0.4 is 10.1 Å². The Morgan fingerprint density at radius 3 is 2.75 bits per heavy atom. The van der Waals surface area contributed by atoms with Gasteiger partial charge < -0.3 is 10.1 Å². The summed E-state index contributed by atoms with van der Waals surface area (Å²) in [7, 11) is 0. The van der Waals surface area contributed by atoms with E-state index in [1.54, 1.807) is 23.7 Å². The van der Waals surface area contributed by atoms with E-state index in [4.69, 9.17) is 9.72 Å². The van der Waals surface area contributed by atoms with Crippen molar-refractivity contribution in [3.8, 4) is 5.75 Å².